The first-order valence-corrected chi connectivity index (χ1v) is 7.83. The summed E-state index contributed by atoms with van der Waals surface area (Å²) in [4.78, 5) is 27.0. The Bertz CT molecular complexity index is 895. The van der Waals surface area contributed by atoms with Gasteiger partial charge in [0, 0.05) is 21.8 Å². The average Bonchev–Trinajstić information content (AvgIpc) is 2.95. The molecule has 0 spiro atoms. The van der Waals surface area contributed by atoms with Crippen LogP contribution in [0, 0.1) is 0 Å². The zero-order valence-electron chi connectivity index (χ0n) is 11.1. The van der Waals surface area contributed by atoms with E-state index in [2.05, 4.69) is 20.9 Å². The van der Waals surface area contributed by atoms with Gasteiger partial charge in [0.25, 0.3) is 0 Å². The Morgan fingerprint density at radius 2 is 2.27 bits per heavy atom. The Hall–Kier alpha value is -2.19. The number of primary amides is 1. The van der Waals surface area contributed by atoms with Crippen LogP contribution in [0.25, 0.3) is 11.6 Å². The number of rotatable bonds is 3. The van der Waals surface area contributed by atoms with E-state index in [1.54, 1.807) is 12.3 Å². The zero-order chi connectivity index (χ0) is 15.9. The molecular weight excluding hydrogens is 370 g/mol. The predicted octanol–water partition coefficient (Wildman–Crippen LogP) is 2.12. The van der Waals surface area contributed by atoms with Gasteiger partial charge in [0.15, 0.2) is 0 Å². The maximum atomic E-state index is 11.8. The minimum atomic E-state index is -0.689. The van der Waals surface area contributed by atoms with Crippen molar-refractivity contribution in [3.8, 4) is 5.88 Å². The van der Waals surface area contributed by atoms with Crippen molar-refractivity contribution in [2.75, 3.05) is 0 Å². The Morgan fingerprint density at radius 1 is 1.50 bits per heavy atom. The summed E-state index contributed by atoms with van der Waals surface area (Å²) in [6, 6.07) is 5.67. The zero-order valence-corrected chi connectivity index (χ0v) is 13.5. The van der Waals surface area contributed by atoms with Crippen molar-refractivity contribution in [3.63, 3.8) is 0 Å². The van der Waals surface area contributed by atoms with E-state index in [9.17, 15) is 14.7 Å². The molecule has 112 valence electrons. The molecule has 0 radical (unpaired) electrons. The van der Waals surface area contributed by atoms with E-state index in [1.165, 1.54) is 0 Å². The number of nitrogens with two attached hydrogens (primary N) is 1. The van der Waals surface area contributed by atoms with Crippen molar-refractivity contribution in [1.29, 1.82) is 0 Å². The number of benzene rings is 1. The molecule has 1 aliphatic rings. The Balaban J connectivity index is 2.05. The Kier molecular flexibility index (Phi) is 3.71. The molecule has 0 unspecified atom stereocenters. The molecule has 1 aliphatic heterocycles. The van der Waals surface area contributed by atoms with Crippen LogP contribution in [0.5, 0.6) is 5.88 Å². The molecule has 1 aromatic heterocycles. The lowest BCUT2D eigenvalue weighted by molar-refractivity contribution is -0.118. The average molecular weight is 380 g/mol. The molecule has 3 rings (SSSR count). The summed E-state index contributed by atoms with van der Waals surface area (Å²) in [7, 11) is 0. The van der Waals surface area contributed by atoms with E-state index in [-0.39, 0.29) is 12.4 Å². The molecule has 3 N–H and O–H groups in total. The van der Waals surface area contributed by atoms with E-state index in [0.717, 1.165) is 37.2 Å². The summed E-state index contributed by atoms with van der Waals surface area (Å²) >= 11 is 4.25. The van der Waals surface area contributed by atoms with Crippen LogP contribution in [0.4, 0.5) is 5.69 Å². The van der Waals surface area contributed by atoms with Gasteiger partial charge in [-0.3, -0.25) is 19.1 Å². The first-order valence-electron chi connectivity index (χ1n) is 6.22. The monoisotopic (exact) mass is 379 g/mol. The van der Waals surface area contributed by atoms with E-state index < -0.39 is 10.8 Å². The SMILES string of the molecule is NC(=O)Cn1c(O)c(/C=C2/C=Nc3ccc(Br)cc32)sc1=O. The normalized spacial score (nSPS) is 14.5. The largest absolute Gasteiger partial charge is 0.493 e. The molecule has 0 aliphatic carbocycles. The molecular formula is C14H10BrN3O3S. The molecule has 1 aromatic carbocycles. The van der Waals surface area contributed by atoms with Crippen LogP contribution in [-0.4, -0.2) is 21.8 Å². The van der Waals surface area contributed by atoms with Gasteiger partial charge in [-0.25, -0.2) is 0 Å². The molecule has 2 heterocycles. The summed E-state index contributed by atoms with van der Waals surface area (Å²) in [5, 5.41) is 10.1. The van der Waals surface area contributed by atoms with Gasteiger partial charge in [0.2, 0.25) is 11.8 Å². The molecule has 0 saturated carbocycles. The van der Waals surface area contributed by atoms with Gasteiger partial charge in [-0.05, 0) is 24.3 Å². The number of hydrogen-bond acceptors (Lipinski definition) is 5. The number of aromatic hydroxyl groups is 1. The molecule has 8 heteroatoms. The van der Waals surface area contributed by atoms with Crippen LogP contribution in [0.2, 0.25) is 0 Å². The first kappa shape index (κ1) is 14.7. The number of halogens is 1. The van der Waals surface area contributed by atoms with Gasteiger partial charge in [-0.2, -0.15) is 0 Å². The minimum Gasteiger partial charge on any atom is -0.493 e. The van der Waals surface area contributed by atoms with E-state index in [1.807, 2.05) is 18.2 Å². The fraction of sp³-hybridized carbons (Fsp3) is 0.0714. The van der Waals surface area contributed by atoms with Crippen LogP contribution in [0.1, 0.15) is 10.4 Å². The molecule has 2 aromatic rings. The number of fused-ring (bicyclic) bond motifs is 1. The quantitative estimate of drug-likeness (QED) is 0.854. The number of amides is 1. The summed E-state index contributed by atoms with van der Waals surface area (Å²) in [6.45, 7) is -0.347. The van der Waals surface area contributed by atoms with Gasteiger partial charge >= 0.3 is 4.87 Å². The lowest BCUT2D eigenvalue weighted by Crippen LogP contribution is -2.24. The summed E-state index contributed by atoms with van der Waals surface area (Å²) in [5.74, 6) is -0.954. The maximum Gasteiger partial charge on any atom is 0.311 e. The maximum absolute atomic E-state index is 11.8. The Labute approximate surface area is 137 Å². The number of aliphatic imine (C=N–C) groups is 1. The van der Waals surface area contributed by atoms with Gasteiger partial charge in [0.1, 0.15) is 6.54 Å². The molecule has 0 atom stereocenters. The molecule has 1 amide bonds. The van der Waals surface area contributed by atoms with Crippen LogP contribution in [0.15, 0.2) is 32.5 Å². The standard InChI is InChI=1S/C14H10BrN3O3S/c15-8-1-2-10-9(4-8)7(5-17-10)3-11-13(20)18(6-12(16)19)14(21)22-11/h1-5,20H,6H2,(H2,16,19)/b7-3-. The van der Waals surface area contributed by atoms with Crippen molar-refractivity contribution in [3.05, 3.63) is 42.8 Å². The van der Waals surface area contributed by atoms with E-state index in [4.69, 9.17) is 5.73 Å². The number of hydrogen-bond donors (Lipinski definition) is 2. The topological polar surface area (TPSA) is 97.7 Å². The van der Waals surface area contributed by atoms with Crippen LogP contribution >= 0.6 is 27.3 Å². The molecule has 6 nitrogen and oxygen atoms in total. The number of aromatic nitrogens is 1. The van der Waals surface area contributed by atoms with Gasteiger partial charge < -0.3 is 10.8 Å². The smallest absolute Gasteiger partial charge is 0.311 e. The number of carbonyl (C=O) groups is 1. The summed E-state index contributed by atoms with van der Waals surface area (Å²) in [5.41, 5.74) is 7.56. The number of nitrogens with zero attached hydrogens (tertiary/aromatic N) is 2. The van der Waals surface area contributed by atoms with Crippen molar-refractivity contribution in [1.82, 2.24) is 4.57 Å². The van der Waals surface area contributed by atoms with Crippen LogP contribution < -0.4 is 10.6 Å². The summed E-state index contributed by atoms with van der Waals surface area (Å²) in [6.07, 6.45) is 3.33. The van der Waals surface area contributed by atoms with Gasteiger partial charge in [0.05, 0.1) is 10.6 Å². The molecule has 0 bridgehead atoms. The van der Waals surface area contributed by atoms with Crippen molar-refractivity contribution < 1.29 is 9.90 Å². The number of allylic oxidation sites excluding steroid dienone is 1. The van der Waals surface area contributed by atoms with Crippen LogP contribution in [0.3, 0.4) is 0 Å². The fourth-order valence-corrected chi connectivity index (χ4v) is 3.32. The first-order chi connectivity index (χ1) is 10.5. The highest BCUT2D eigenvalue weighted by molar-refractivity contribution is 9.10. The second-order valence-electron chi connectivity index (χ2n) is 4.63. The molecule has 0 fully saturated rings. The third-order valence-corrected chi connectivity index (χ3v) is 4.52. The molecule has 22 heavy (non-hydrogen) atoms. The van der Waals surface area contributed by atoms with Crippen molar-refractivity contribution >= 4 is 56.7 Å². The summed E-state index contributed by atoms with van der Waals surface area (Å²) < 4.78 is 1.86. The third-order valence-electron chi connectivity index (χ3n) is 3.11. The predicted molar refractivity (Wildman–Crippen MR) is 89.6 cm³/mol. The number of carbonyl (C=O) groups excluding carboxylic acids is 1. The highest BCUT2D eigenvalue weighted by Crippen LogP contribution is 2.36. The second-order valence-corrected chi connectivity index (χ2v) is 6.54. The van der Waals surface area contributed by atoms with Gasteiger partial charge in [-0.15, -0.1) is 0 Å². The third kappa shape index (κ3) is 2.62. The lowest BCUT2D eigenvalue weighted by atomic mass is 10.1. The number of thiazole rings is 1. The van der Waals surface area contributed by atoms with E-state index in [0.29, 0.717) is 4.88 Å². The van der Waals surface area contributed by atoms with Crippen molar-refractivity contribution in [2.45, 2.75) is 6.54 Å². The fourth-order valence-electron chi connectivity index (χ4n) is 2.12. The minimum absolute atomic E-state index is 0.266. The highest BCUT2D eigenvalue weighted by Gasteiger charge is 2.17. The van der Waals surface area contributed by atoms with Gasteiger partial charge in [-0.1, -0.05) is 27.3 Å². The molecule has 0 saturated heterocycles. The van der Waals surface area contributed by atoms with E-state index >= 15 is 0 Å². The van der Waals surface area contributed by atoms with Crippen molar-refractivity contribution in [2.24, 2.45) is 10.7 Å². The lowest BCUT2D eigenvalue weighted by Gasteiger charge is -2.01. The van der Waals surface area contributed by atoms with Crippen LogP contribution in [-0.2, 0) is 11.3 Å². The second kappa shape index (κ2) is 5.54. The Morgan fingerprint density at radius 3 is 3.00 bits per heavy atom. The highest BCUT2D eigenvalue weighted by atomic mass is 79.9.